The third-order valence-corrected chi connectivity index (χ3v) is 5.76. The van der Waals surface area contributed by atoms with Crippen LogP contribution in [0.1, 0.15) is 33.6 Å². The summed E-state index contributed by atoms with van der Waals surface area (Å²) in [6.07, 6.45) is 2.69. The van der Waals surface area contributed by atoms with Gasteiger partial charge in [0, 0.05) is 30.3 Å². The van der Waals surface area contributed by atoms with Crippen LogP contribution in [0.15, 0.2) is 21.6 Å². The van der Waals surface area contributed by atoms with Crippen LogP contribution in [0.2, 0.25) is 0 Å². The van der Waals surface area contributed by atoms with Crippen LogP contribution in [0.4, 0.5) is 10.6 Å². The van der Waals surface area contributed by atoms with Crippen molar-refractivity contribution < 1.29 is 17.9 Å². The third kappa shape index (κ3) is 5.82. The number of carbonyl (C=O) groups excluding carboxylic acids is 1. The second kappa shape index (κ2) is 8.10. The molecule has 1 aromatic heterocycles. The average molecular weight is 449 g/mol. The maximum absolute atomic E-state index is 12.5. The average Bonchev–Trinajstić information content (AvgIpc) is 2.54. The summed E-state index contributed by atoms with van der Waals surface area (Å²) in [6.45, 7) is 6.72. The number of hydrogen-bond acceptors (Lipinski definition) is 6. The van der Waals surface area contributed by atoms with E-state index in [1.165, 1.54) is 12.3 Å². The van der Waals surface area contributed by atoms with Gasteiger partial charge in [-0.05, 0) is 61.5 Å². The van der Waals surface area contributed by atoms with E-state index in [-0.39, 0.29) is 29.3 Å². The Balaban J connectivity index is 1.98. The summed E-state index contributed by atoms with van der Waals surface area (Å²) in [5.74, 6) is -0.0490. The first-order valence-electron chi connectivity index (χ1n) is 8.36. The summed E-state index contributed by atoms with van der Waals surface area (Å²) in [5, 5.41) is 0. The smallest absolute Gasteiger partial charge is 0.410 e. The van der Waals surface area contributed by atoms with Crippen molar-refractivity contribution >= 4 is 37.9 Å². The summed E-state index contributed by atoms with van der Waals surface area (Å²) in [4.78, 5) is 17.6. The largest absolute Gasteiger partial charge is 0.444 e. The third-order valence-electron chi connectivity index (χ3n) is 3.87. The molecule has 8 nitrogen and oxygen atoms in total. The predicted molar refractivity (Wildman–Crippen MR) is 102 cm³/mol. The molecule has 0 spiro atoms. The van der Waals surface area contributed by atoms with Crippen LogP contribution in [-0.4, -0.2) is 49.6 Å². The number of amides is 1. The molecule has 1 atom stereocenters. The number of nitrogens with zero attached hydrogens (tertiary/aromatic N) is 2. The topological polar surface area (TPSA) is 115 Å². The van der Waals surface area contributed by atoms with Crippen molar-refractivity contribution in [3.63, 3.8) is 0 Å². The van der Waals surface area contributed by atoms with Crippen molar-refractivity contribution in [1.29, 1.82) is 0 Å². The Bertz CT molecular complexity index is 764. The van der Waals surface area contributed by atoms with Crippen LogP contribution in [-0.2, 0) is 14.8 Å². The van der Waals surface area contributed by atoms with Crippen LogP contribution >= 0.6 is 15.9 Å². The molecule has 1 fully saturated rings. The van der Waals surface area contributed by atoms with Crippen molar-refractivity contribution in [2.45, 2.75) is 44.1 Å². The molecule has 1 amide bonds. The highest BCUT2D eigenvalue weighted by atomic mass is 79.9. The van der Waals surface area contributed by atoms with Gasteiger partial charge >= 0.3 is 6.09 Å². The monoisotopic (exact) mass is 448 g/mol. The number of nitrogen functional groups attached to an aromatic ring is 1. The summed E-state index contributed by atoms with van der Waals surface area (Å²) >= 11 is 3.20. The number of carbonyl (C=O) groups is 1. The van der Waals surface area contributed by atoms with Gasteiger partial charge in [-0.15, -0.1) is 0 Å². The molecule has 1 unspecified atom stereocenters. The number of hydrogen-bond donors (Lipinski definition) is 2. The Morgan fingerprint density at radius 2 is 2.19 bits per heavy atom. The first-order chi connectivity index (χ1) is 12.0. The zero-order chi connectivity index (χ0) is 19.5. The molecule has 0 aliphatic carbocycles. The Hall–Kier alpha value is -1.39. The Labute approximate surface area is 162 Å². The zero-order valence-electron chi connectivity index (χ0n) is 15.2. The number of piperidine rings is 1. The molecule has 10 heteroatoms. The van der Waals surface area contributed by atoms with E-state index in [0.29, 0.717) is 17.6 Å². The highest BCUT2D eigenvalue weighted by molar-refractivity contribution is 9.10. The number of rotatable bonds is 4. The summed E-state index contributed by atoms with van der Waals surface area (Å²) in [7, 11) is -3.78. The molecule has 3 N–H and O–H groups in total. The van der Waals surface area contributed by atoms with E-state index in [0.717, 1.165) is 12.8 Å². The van der Waals surface area contributed by atoms with Crippen molar-refractivity contribution in [3.8, 4) is 0 Å². The van der Waals surface area contributed by atoms with Gasteiger partial charge in [0.05, 0.1) is 0 Å². The normalized spacial score (nSPS) is 18.6. The number of halogens is 1. The maximum Gasteiger partial charge on any atom is 0.410 e. The van der Waals surface area contributed by atoms with Gasteiger partial charge in [-0.1, -0.05) is 0 Å². The van der Waals surface area contributed by atoms with Crippen molar-refractivity contribution in [2.24, 2.45) is 5.92 Å². The predicted octanol–water partition coefficient (Wildman–Crippen LogP) is 2.35. The van der Waals surface area contributed by atoms with Crippen LogP contribution in [0.25, 0.3) is 0 Å². The Morgan fingerprint density at radius 3 is 2.85 bits per heavy atom. The summed E-state index contributed by atoms with van der Waals surface area (Å²) in [6, 6.07) is 1.42. The number of nitrogens with two attached hydrogens (primary N) is 1. The van der Waals surface area contributed by atoms with E-state index in [2.05, 4.69) is 25.6 Å². The molecule has 146 valence electrons. The van der Waals surface area contributed by atoms with Crippen LogP contribution in [0.5, 0.6) is 0 Å². The molecule has 0 radical (unpaired) electrons. The molecular weight excluding hydrogens is 424 g/mol. The lowest BCUT2D eigenvalue weighted by atomic mass is 9.99. The van der Waals surface area contributed by atoms with Gasteiger partial charge in [-0.25, -0.2) is 22.9 Å². The van der Waals surface area contributed by atoms with Gasteiger partial charge < -0.3 is 15.4 Å². The minimum atomic E-state index is -3.78. The molecule has 0 aromatic carbocycles. The molecule has 1 aliphatic heterocycles. The van der Waals surface area contributed by atoms with Crippen molar-refractivity contribution in [1.82, 2.24) is 14.6 Å². The Morgan fingerprint density at radius 1 is 1.50 bits per heavy atom. The number of nitrogens with one attached hydrogen (secondary N) is 1. The molecule has 1 aromatic rings. The van der Waals surface area contributed by atoms with Gasteiger partial charge in [0.25, 0.3) is 0 Å². The lowest BCUT2D eigenvalue weighted by Gasteiger charge is -2.34. The number of anilines is 1. The standard InChI is InChI=1S/C16H25BrN4O4S/c1-16(2,3)25-15(22)21-6-4-5-11(10-21)8-20-26(23,24)13-7-12(17)9-19-14(13)18/h7,9,11,20H,4-6,8,10H2,1-3H3,(H2,18,19). The fraction of sp³-hybridized carbons (Fsp3) is 0.625. The first kappa shape index (κ1) is 20.9. The van der Waals surface area contributed by atoms with Gasteiger partial charge in [-0.2, -0.15) is 0 Å². The van der Waals surface area contributed by atoms with Crippen LogP contribution in [0.3, 0.4) is 0 Å². The molecule has 1 saturated heterocycles. The second-order valence-corrected chi connectivity index (χ2v) is 9.97. The lowest BCUT2D eigenvalue weighted by molar-refractivity contribution is 0.0169. The first-order valence-corrected chi connectivity index (χ1v) is 10.6. The lowest BCUT2D eigenvalue weighted by Crippen LogP contribution is -2.45. The molecular formula is C16H25BrN4O4S. The highest BCUT2D eigenvalue weighted by Gasteiger charge is 2.29. The number of ether oxygens (including phenoxy) is 1. The van der Waals surface area contributed by atoms with Crippen LogP contribution in [0, 0.1) is 5.92 Å². The van der Waals surface area contributed by atoms with Gasteiger partial charge in [0.1, 0.15) is 16.3 Å². The quantitative estimate of drug-likeness (QED) is 0.730. The summed E-state index contributed by atoms with van der Waals surface area (Å²) in [5.41, 5.74) is 5.13. The molecule has 2 rings (SSSR count). The number of pyridine rings is 1. The molecule has 26 heavy (non-hydrogen) atoms. The zero-order valence-corrected chi connectivity index (χ0v) is 17.6. The summed E-state index contributed by atoms with van der Waals surface area (Å²) < 4.78 is 33.5. The molecule has 0 saturated carbocycles. The second-order valence-electron chi connectivity index (χ2n) is 7.32. The van der Waals surface area contributed by atoms with Gasteiger partial charge in [-0.3, -0.25) is 0 Å². The highest BCUT2D eigenvalue weighted by Crippen LogP contribution is 2.22. The van der Waals surface area contributed by atoms with E-state index >= 15 is 0 Å². The van der Waals surface area contributed by atoms with Gasteiger partial charge in [0.2, 0.25) is 10.0 Å². The number of likely N-dealkylation sites (tertiary alicyclic amines) is 1. The van der Waals surface area contributed by atoms with Crippen LogP contribution < -0.4 is 10.5 Å². The van der Waals surface area contributed by atoms with E-state index in [4.69, 9.17) is 10.5 Å². The Kier molecular flexibility index (Phi) is 6.51. The van der Waals surface area contributed by atoms with E-state index in [1.807, 2.05) is 20.8 Å². The molecule has 0 bridgehead atoms. The SMILES string of the molecule is CC(C)(C)OC(=O)N1CCCC(CNS(=O)(=O)c2cc(Br)cnc2N)C1. The van der Waals surface area contributed by atoms with E-state index in [1.54, 1.807) is 4.90 Å². The van der Waals surface area contributed by atoms with Gasteiger partial charge in [0.15, 0.2) is 0 Å². The number of aromatic nitrogens is 1. The fourth-order valence-corrected chi connectivity index (χ4v) is 4.38. The van der Waals surface area contributed by atoms with E-state index in [9.17, 15) is 13.2 Å². The fourth-order valence-electron chi connectivity index (χ4n) is 2.68. The van der Waals surface area contributed by atoms with Crippen molar-refractivity contribution in [2.75, 3.05) is 25.4 Å². The minimum Gasteiger partial charge on any atom is -0.444 e. The number of sulfonamides is 1. The molecule has 2 heterocycles. The van der Waals surface area contributed by atoms with E-state index < -0.39 is 15.6 Å². The maximum atomic E-state index is 12.5. The molecule has 1 aliphatic rings. The minimum absolute atomic E-state index is 0.00683. The van der Waals surface area contributed by atoms with Crippen molar-refractivity contribution in [3.05, 3.63) is 16.7 Å².